The van der Waals surface area contributed by atoms with Crippen molar-refractivity contribution < 1.29 is 9.21 Å². The zero-order valence-electron chi connectivity index (χ0n) is 9.53. The van der Waals surface area contributed by atoms with Crippen LogP contribution < -0.4 is 5.32 Å². The van der Waals surface area contributed by atoms with E-state index in [1.807, 2.05) is 14.0 Å². The number of nitrogens with one attached hydrogen (secondary N) is 1. The lowest BCUT2D eigenvalue weighted by atomic mass is 10.3. The summed E-state index contributed by atoms with van der Waals surface area (Å²) in [5.74, 6) is -0.0128. The van der Waals surface area contributed by atoms with E-state index in [-0.39, 0.29) is 11.7 Å². The number of hydrogen-bond donors (Lipinski definition) is 1. The Balaban J connectivity index is 2.18. The molecule has 1 N–H and O–H groups in total. The molecule has 2 heterocycles. The number of amides is 1. The smallest absolute Gasteiger partial charge is 0.291 e. The van der Waals surface area contributed by atoms with E-state index in [2.05, 4.69) is 26.3 Å². The molecule has 2 aromatic rings. The van der Waals surface area contributed by atoms with Crippen LogP contribution >= 0.6 is 15.9 Å². The molecule has 0 aliphatic heterocycles. The van der Waals surface area contributed by atoms with Crippen molar-refractivity contribution in [2.24, 2.45) is 7.05 Å². The summed E-state index contributed by atoms with van der Waals surface area (Å²) in [7, 11) is 1.82. The summed E-state index contributed by atoms with van der Waals surface area (Å²) >= 11 is 3.15. The van der Waals surface area contributed by atoms with E-state index in [1.54, 1.807) is 23.0 Å². The molecule has 0 aromatic carbocycles. The molecule has 0 aliphatic carbocycles. The molecule has 6 heteroatoms. The second kappa shape index (κ2) is 4.75. The van der Waals surface area contributed by atoms with E-state index in [9.17, 15) is 4.79 Å². The highest BCUT2D eigenvalue weighted by Crippen LogP contribution is 2.18. The zero-order chi connectivity index (χ0) is 12.4. The van der Waals surface area contributed by atoms with Crippen LogP contribution in [0.25, 0.3) is 0 Å². The number of halogens is 1. The van der Waals surface area contributed by atoms with E-state index in [4.69, 9.17) is 4.42 Å². The van der Waals surface area contributed by atoms with Crippen molar-refractivity contribution in [2.45, 2.75) is 13.3 Å². The van der Waals surface area contributed by atoms with Crippen LogP contribution in [0.3, 0.4) is 0 Å². The summed E-state index contributed by atoms with van der Waals surface area (Å²) in [6.45, 7) is 1.99. The van der Waals surface area contributed by atoms with Gasteiger partial charge in [0.05, 0.1) is 11.4 Å². The SMILES string of the molecule is CCc1nn(C)cc1NC(=O)c1ccc(Br)o1. The average Bonchev–Trinajstić information content (AvgIpc) is 2.85. The van der Waals surface area contributed by atoms with Crippen LogP contribution in [0.5, 0.6) is 0 Å². The highest BCUT2D eigenvalue weighted by atomic mass is 79.9. The number of hydrogen-bond acceptors (Lipinski definition) is 3. The van der Waals surface area contributed by atoms with Gasteiger partial charge in [-0.25, -0.2) is 0 Å². The molecule has 0 fully saturated rings. The molecule has 0 radical (unpaired) electrons. The largest absolute Gasteiger partial charge is 0.444 e. The molecule has 90 valence electrons. The van der Waals surface area contributed by atoms with Crippen molar-refractivity contribution >= 4 is 27.5 Å². The Hall–Kier alpha value is -1.56. The van der Waals surface area contributed by atoms with Gasteiger partial charge in [-0.3, -0.25) is 9.48 Å². The van der Waals surface area contributed by atoms with Gasteiger partial charge in [-0.15, -0.1) is 0 Å². The number of nitrogens with zero attached hydrogens (tertiary/aromatic N) is 2. The van der Waals surface area contributed by atoms with Crippen molar-refractivity contribution in [3.05, 3.63) is 34.5 Å². The lowest BCUT2D eigenvalue weighted by molar-refractivity contribution is 0.0995. The Morgan fingerprint density at radius 2 is 2.35 bits per heavy atom. The van der Waals surface area contributed by atoms with Crippen molar-refractivity contribution in [1.82, 2.24) is 9.78 Å². The third kappa shape index (κ3) is 2.58. The molecule has 2 aromatic heterocycles. The maximum absolute atomic E-state index is 11.8. The highest BCUT2D eigenvalue weighted by molar-refractivity contribution is 9.10. The lowest BCUT2D eigenvalue weighted by Crippen LogP contribution is -2.11. The predicted molar refractivity (Wildman–Crippen MR) is 66.9 cm³/mol. The van der Waals surface area contributed by atoms with Gasteiger partial charge in [-0.1, -0.05) is 6.92 Å². The van der Waals surface area contributed by atoms with E-state index in [0.29, 0.717) is 10.4 Å². The van der Waals surface area contributed by atoms with Crippen LogP contribution in [0.15, 0.2) is 27.4 Å². The zero-order valence-corrected chi connectivity index (χ0v) is 11.1. The molecule has 17 heavy (non-hydrogen) atoms. The Morgan fingerprint density at radius 1 is 1.59 bits per heavy atom. The monoisotopic (exact) mass is 297 g/mol. The molecule has 2 rings (SSSR count). The Morgan fingerprint density at radius 3 is 2.94 bits per heavy atom. The standard InChI is InChI=1S/C11H12BrN3O2/c1-3-7-8(6-15(2)14-7)13-11(16)9-4-5-10(12)17-9/h4-6H,3H2,1-2H3,(H,13,16). The van der Waals surface area contributed by atoms with Gasteiger partial charge in [0, 0.05) is 13.2 Å². The Labute approximate surface area is 107 Å². The topological polar surface area (TPSA) is 60.1 Å². The molecule has 0 aliphatic rings. The van der Waals surface area contributed by atoms with Crippen molar-refractivity contribution in [2.75, 3.05) is 5.32 Å². The number of carbonyl (C=O) groups excluding carboxylic acids is 1. The maximum atomic E-state index is 11.8. The van der Waals surface area contributed by atoms with Crippen LogP contribution in [-0.4, -0.2) is 15.7 Å². The van der Waals surface area contributed by atoms with Crippen LogP contribution in [0.1, 0.15) is 23.2 Å². The predicted octanol–water partition coefficient (Wildman–Crippen LogP) is 2.59. The number of rotatable bonds is 3. The van der Waals surface area contributed by atoms with Crippen LogP contribution in [0.2, 0.25) is 0 Å². The van der Waals surface area contributed by atoms with Crippen molar-refractivity contribution in [3.63, 3.8) is 0 Å². The van der Waals surface area contributed by atoms with Gasteiger partial charge in [-0.05, 0) is 34.5 Å². The van der Waals surface area contributed by atoms with Crippen molar-refractivity contribution in [1.29, 1.82) is 0 Å². The summed E-state index contributed by atoms with van der Waals surface area (Å²) in [6.07, 6.45) is 2.53. The molecule has 0 atom stereocenters. The van der Waals surface area contributed by atoms with Crippen LogP contribution in [0.4, 0.5) is 5.69 Å². The normalized spacial score (nSPS) is 10.5. The first kappa shape index (κ1) is 11.9. The van der Waals surface area contributed by atoms with Gasteiger partial charge >= 0.3 is 0 Å². The molecule has 0 saturated heterocycles. The number of aromatic nitrogens is 2. The van der Waals surface area contributed by atoms with Gasteiger partial charge in [0.1, 0.15) is 0 Å². The first-order chi connectivity index (χ1) is 8.10. The minimum atomic E-state index is -0.279. The van der Waals surface area contributed by atoms with Crippen LogP contribution in [0, 0.1) is 0 Å². The Bertz CT molecular complexity index is 545. The second-order valence-corrected chi connectivity index (χ2v) is 4.36. The van der Waals surface area contributed by atoms with Gasteiger partial charge < -0.3 is 9.73 Å². The third-order valence-corrected chi connectivity index (χ3v) is 2.71. The highest BCUT2D eigenvalue weighted by Gasteiger charge is 2.14. The maximum Gasteiger partial charge on any atom is 0.291 e. The molecular formula is C11H12BrN3O2. The van der Waals surface area contributed by atoms with E-state index in [0.717, 1.165) is 12.1 Å². The number of aryl methyl sites for hydroxylation is 2. The number of furan rings is 1. The minimum Gasteiger partial charge on any atom is -0.444 e. The number of anilines is 1. The minimum absolute atomic E-state index is 0.266. The quantitative estimate of drug-likeness (QED) is 0.947. The first-order valence-electron chi connectivity index (χ1n) is 5.19. The summed E-state index contributed by atoms with van der Waals surface area (Å²) < 4.78 is 7.38. The fourth-order valence-electron chi connectivity index (χ4n) is 1.52. The second-order valence-electron chi connectivity index (χ2n) is 3.57. The first-order valence-corrected chi connectivity index (χ1v) is 5.98. The number of carbonyl (C=O) groups is 1. The van der Waals surface area contributed by atoms with E-state index >= 15 is 0 Å². The van der Waals surface area contributed by atoms with Gasteiger partial charge in [0.15, 0.2) is 10.4 Å². The Kier molecular flexibility index (Phi) is 3.33. The molecule has 0 bridgehead atoms. The fourth-order valence-corrected chi connectivity index (χ4v) is 1.83. The molecule has 1 amide bonds. The summed E-state index contributed by atoms with van der Waals surface area (Å²) in [4.78, 5) is 11.8. The summed E-state index contributed by atoms with van der Waals surface area (Å²) in [5, 5.41) is 7.02. The molecule has 5 nitrogen and oxygen atoms in total. The van der Waals surface area contributed by atoms with Crippen molar-refractivity contribution in [3.8, 4) is 0 Å². The fraction of sp³-hybridized carbons (Fsp3) is 0.273. The van der Waals surface area contributed by atoms with Gasteiger partial charge in [0.25, 0.3) is 5.91 Å². The molecule has 0 saturated carbocycles. The summed E-state index contributed by atoms with van der Waals surface area (Å²) in [6, 6.07) is 3.29. The average molecular weight is 298 g/mol. The van der Waals surface area contributed by atoms with Crippen LogP contribution in [-0.2, 0) is 13.5 Å². The van der Waals surface area contributed by atoms with Gasteiger partial charge in [-0.2, -0.15) is 5.10 Å². The molecular weight excluding hydrogens is 286 g/mol. The third-order valence-electron chi connectivity index (χ3n) is 2.29. The lowest BCUT2D eigenvalue weighted by Gasteiger charge is -2.01. The molecule has 0 unspecified atom stereocenters. The van der Waals surface area contributed by atoms with E-state index in [1.165, 1.54) is 0 Å². The van der Waals surface area contributed by atoms with E-state index < -0.39 is 0 Å². The summed E-state index contributed by atoms with van der Waals surface area (Å²) in [5.41, 5.74) is 1.57. The van der Waals surface area contributed by atoms with Gasteiger partial charge in [0.2, 0.25) is 0 Å². The molecule has 0 spiro atoms.